The van der Waals surface area contributed by atoms with Gasteiger partial charge in [0, 0.05) is 24.5 Å². The normalized spacial score (nSPS) is 16.6. The first-order chi connectivity index (χ1) is 11.8. The number of nitrogens with one attached hydrogen (secondary N) is 1. The van der Waals surface area contributed by atoms with Gasteiger partial charge < -0.3 is 10.1 Å². The van der Waals surface area contributed by atoms with Crippen LogP contribution in [0.5, 0.6) is 0 Å². The molecule has 0 spiro atoms. The van der Waals surface area contributed by atoms with Gasteiger partial charge in [-0.05, 0) is 23.6 Å². The minimum atomic E-state index is -0.117. The van der Waals surface area contributed by atoms with Crippen LogP contribution < -0.4 is 5.32 Å². The number of fused-ring (bicyclic) bond motifs is 1. The molecule has 0 fully saturated rings. The Bertz CT molecular complexity index is 832. The summed E-state index contributed by atoms with van der Waals surface area (Å²) in [7, 11) is 0. The molecule has 0 saturated carbocycles. The molecule has 1 aliphatic rings. The highest BCUT2D eigenvalue weighted by Gasteiger charge is 2.24. The third-order valence-electron chi connectivity index (χ3n) is 3.86. The first kappa shape index (κ1) is 15.0. The van der Waals surface area contributed by atoms with Crippen LogP contribution in [0.25, 0.3) is 11.3 Å². The summed E-state index contributed by atoms with van der Waals surface area (Å²) in [5.41, 5.74) is 2.74. The van der Waals surface area contributed by atoms with Crippen LogP contribution in [0.3, 0.4) is 0 Å². The standard InChI is InChI=1S/C16H15N5O2S/c22-16(14-2-1-7-24-14)18-8-12-9-21-13(10-23-12)15(19-20-21)11-3-5-17-6-4-11/h1-7,12H,8-10H2,(H,18,22). The molecule has 3 aromatic rings. The molecule has 1 atom stereocenters. The van der Waals surface area contributed by atoms with E-state index in [1.54, 1.807) is 18.5 Å². The Morgan fingerprint density at radius 2 is 2.25 bits per heavy atom. The molecule has 8 heteroatoms. The van der Waals surface area contributed by atoms with Crippen LogP contribution >= 0.6 is 11.3 Å². The Balaban J connectivity index is 1.42. The van der Waals surface area contributed by atoms with E-state index < -0.39 is 0 Å². The lowest BCUT2D eigenvalue weighted by molar-refractivity contribution is 0.00179. The number of amides is 1. The number of rotatable bonds is 4. The molecule has 4 heterocycles. The lowest BCUT2D eigenvalue weighted by Gasteiger charge is -2.24. The highest BCUT2D eigenvalue weighted by Crippen LogP contribution is 2.24. The van der Waals surface area contributed by atoms with Crippen LogP contribution in [0.4, 0.5) is 0 Å². The lowest BCUT2D eigenvalue weighted by Crippen LogP contribution is -2.38. The van der Waals surface area contributed by atoms with E-state index in [-0.39, 0.29) is 12.0 Å². The summed E-state index contributed by atoms with van der Waals surface area (Å²) in [6.45, 7) is 1.43. The van der Waals surface area contributed by atoms with Gasteiger partial charge in [-0.15, -0.1) is 16.4 Å². The van der Waals surface area contributed by atoms with Gasteiger partial charge in [-0.3, -0.25) is 9.78 Å². The molecule has 0 saturated heterocycles. The Labute approximate surface area is 142 Å². The maximum absolute atomic E-state index is 12.0. The molecule has 122 valence electrons. The van der Waals surface area contributed by atoms with Crippen molar-refractivity contribution in [2.75, 3.05) is 6.54 Å². The van der Waals surface area contributed by atoms with Gasteiger partial charge in [-0.25, -0.2) is 4.68 Å². The summed E-state index contributed by atoms with van der Waals surface area (Å²) >= 11 is 1.42. The van der Waals surface area contributed by atoms with Crippen LogP contribution in [0, 0.1) is 0 Å². The number of ether oxygens (including phenoxy) is 1. The molecule has 0 radical (unpaired) electrons. The Kier molecular flexibility index (Phi) is 4.06. The third-order valence-corrected chi connectivity index (χ3v) is 4.73. The van der Waals surface area contributed by atoms with E-state index in [0.29, 0.717) is 24.6 Å². The van der Waals surface area contributed by atoms with Crippen molar-refractivity contribution >= 4 is 17.2 Å². The smallest absolute Gasteiger partial charge is 0.261 e. The zero-order valence-electron chi connectivity index (χ0n) is 12.8. The number of carbonyl (C=O) groups excluding carboxylic acids is 1. The number of carbonyl (C=O) groups is 1. The SMILES string of the molecule is O=C(NCC1Cn2nnc(-c3ccncc3)c2CO1)c1cccs1. The van der Waals surface area contributed by atoms with Gasteiger partial charge in [0.1, 0.15) is 5.69 Å². The van der Waals surface area contributed by atoms with E-state index in [4.69, 9.17) is 4.74 Å². The predicted molar refractivity (Wildman–Crippen MR) is 88.5 cm³/mol. The average molecular weight is 341 g/mol. The number of aromatic nitrogens is 4. The highest BCUT2D eigenvalue weighted by atomic mass is 32.1. The summed E-state index contributed by atoms with van der Waals surface area (Å²) in [4.78, 5) is 16.7. The lowest BCUT2D eigenvalue weighted by atomic mass is 10.1. The van der Waals surface area contributed by atoms with Crippen LogP contribution in [0.15, 0.2) is 42.0 Å². The van der Waals surface area contributed by atoms with E-state index in [2.05, 4.69) is 20.6 Å². The number of hydrogen-bond donors (Lipinski definition) is 1. The zero-order chi connectivity index (χ0) is 16.4. The van der Waals surface area contributed by atoms with Crippen molar-refractivity contribution in [1.82, 2.24) is 25.3 Å². The van der Waals surface area contributed by atoms with Gasteiger partial charge in [0.2, 0.25) is 0 Å². The van der Waals surface area contributed by atoms with Crippen LogP contribution in [0.2, 0.25) is 0 Å². The van der Waals surface area contributed by atoms with Gasteiger partial charge in [0.05, 0.1) is 29.8 Å². The van der Waals surface area contributed by atoms with Crippen molar-refractivity contribution in [2.24, 2.45) is 0 Å². The summed E-state index contributed by atoms with van der Waals surface area (Å²) in [5, 5.41) is 13.3. The van der Waals surface area contributed by atoms with Crippen LogP contribution in [-0.2, 0) is 17.9 Å². The topological polar surface area (TPSA) is 81.9 Å². The molecular weight excluding hydrogens is 326 g/mol. The fourth-order valence-electron chi connectivity index (χ4n) is 2.62. The van der Waals surface area contributed by atoms with E-state index in [1.807, 2.05) is 28.3 Å². The Hall–Kier alpha value is -2.58. The summed E-state index contributed by atoms with van der Waals surface area (Å²) in [6.07, 6.45) is 3.34. The van der Waals surface area contributed by atoms with Crippen molar-refractivity contribution in [3.63, 3.8) is 0 Å². The Morgan fingerprint density at radius 3 is 3.04 bits per heavy atom. The quantitative estimate of drug-likeness (QED) is 0.781. The molecule has 7 nitrogen and oxygen atoms in total. The molecule has 0 aliphatic carbocycles. The summed E-state index contributed by atoms with van der Waals surface area (Å²) in [6, 6.07) is 7.47. The molecule has 1 N–H and O–H groups in total. The second-order valence-electron chi connectivity index (χ2n) is 5.42. The summed E-state index contributed by atoms with van der Waals surface area (Å²) in [5.74, 6) is -0.0736. The molecule has 1 amide bonds. The fraction of sp³-hybridized carbons (Fsp3) is 0.250. The van der Waals surface area contributed by atoms with Gasteiger partial charge in [-0.2, -0.15) is 0 Å². The fourth-order valence-corrected chi connectivity index (χ4v) is 3.26. The monoisotopic (exact) mass is 341 g/mol. The molecule has 1 aliphatic heterocycles. The van der Waals surface area contributed by atoms with Crippen molar-refractivity contribution < 1.29 is 9.53 Å². The van der Waals surface area contributed by atoms with Crippen LogP contribution in [-0.4, -0.2) is 38.5 Å². The maximum atomic E-state index is 12.0. The first-order valence-electron chi connectivity index (χ1n) is 7.57. The average Bonchev–Trinajstić information content (AvgIpc) is 3.30. The highest BCUT2D eigenvalue weighted by molar-refractivity contribution is 7.12. The van der Waals surface area contributed by atoms with E-state index in [1.165, 1.54) is 11.3 Å². The number of pyridine rings is 1. The van der Waals surface area contributed by atoms with Crippen molar-refractivity contribution in [2.45, 2.75) is 19.3 Å². The first-order valence-corrected chi connectivity index (χ1v) is 8.45. The molecule has 0 bridgehead atoms. The van der Waals surface area contributed by atoms with Crippen molar-refractivity contribution in [3.05, 3.63) is 52.6 Å². The molecule has 3 aromatic heterocycles. The maximum Gasteiger partial charge on any atom is 0.261 e. The van der Waals surface area contributed by atoms with E-state index in [0.717, 1.165) is 17.0 Å². The molecule has 4 rings (SSSR count). The van der Waals surface area contributed by atoms with Crippen molar-refractivity contribution in [1.29, 1.82) is 0 Å². The van der Waals surface area contributed by atoms with Crippen LogP contribution in [0.1, 0.15) is 15.4 Å². The number of nitrogens with zero attached hydrogens (tertiary/aromatic N) is 4. The third kappa shape index (κ3) is 2.93. The number of hydrogen-bond acceptors (Lipinski definition) is 6. The zero-order valence-corrected chi connectivity index (χ0v) is 13.6. The Morgan fingerprint density at radius 1 is 1.38 bits per heavy atom. The summed E-state index contributed by atoms with van der Waals surface area (Å²) < 4.78 is 7.71. The second kappa shape index (κ2) is 6.50. The largest absolute Gasteiger partial charge is 0.368 e. The molecular formula is C16H15N5O2S. The molecule has 1 unspecified atom stereocenters. The molecule has 0 aromatic carbocycles. The number of thiophene rings is 1. The van der Waals surface area contributed by atoms with Crippen molar-refractivity contribution in [3.8, 4) is 11.3 Å². The second-order valence-corrected chi connectivity index (χ2v) is 6.37. The minimum absolute atomic E-state index is 0.0736. The van der Waals surface area contributed by atoms with E-state index >= 15 is 0 Å². The van der Waals surface area contributed by atoms with Gasteiger partial charge in [0.25, 0.3) is 5.91 Å². The van der Waals surface area contributed by atoms with E-state index in [9.17, 15) is 4.79 Å². The van der Waals surface area contributed by atoms with Gasteiger partial charge in [-0.1, -0.05) is 11.3 Å². The minimum Gasteiger partial charge on any atom is -0.368 e. The molecule has 24 heavy (non-hydrogen) atoms. The predicted octanol–water partition coefficient (Wildman–Crippen LogP) is 1.73. The van der Waals surface area contributed by atoms with Gasteiger partial charge >= 0.3 is 0 Å². The van der Waals surface area contributed by atoms with Gasteiger partial charge in [0.15, 0.2) is 0 Å².